The van der Waals surface area contributed by atoms with Crippen LogP contribution in [0.3, 0.4) is 0 Å². The molecule has 1 atom stereocenters. The van der Waals surface area contributed by atoms with Crippen LogP contribution in [0.5, 0.6) is 5.75 Å². The van der Waals surface area contributed by atoms with E-state index < -0.39 is 6.04 Å². The summed E-state index contributed by atoms with van der Waals surface area (Å²) in [6, 6.07) is 21.3. The predicted octanol–water partition coefficient (Wildman–Crippen LogP) is 3.03. The van der Waals surface area contributed by atoms with E-state index in [-0.39, 0.29) is 5.91 Å². The van der Waals surface area contributed by atoms with Crippen molar-refractivity contribution >= 4 is 16.7 Å². The molecule has 0 aromatic heterocycles. The number of para-hydroxylation sites is 1. The SMILES string of the molecule is COc1ccccc1CNC(=O)C(N)Cc1ccc2ccccc2c1. The molecule has 128 valence electrons. The molecule has 3 aromatic carbocycles. The molecule has 1 unspecified atom stereocenters. The Morgan fingerprint density at radius 3 is 2.56 bits per heavy atom. The molecule has 0 aliphatic heterocycles. The van der Waals surface area contributed by atoms with Gasteiger partial charge in [-0.25, -0.2) is 0 Å². The maximum Gasteiger partial charge on any atom is 0.237 e. The van der Waals surface area contributed by atoms with Gasteiger partial charge in [-0.1, -0.05) is 60.7 Å². The number of hydrogen-bond donors (Lipinski definition) is 2. The molecule has 25 heavy (non-hydrogen) atoms. The van der Waals surface area contributed by atoms with Crippen molar-refractivity contribution in [2.75, 3.05) is 7.11 Å². The summed E-state index contributed by atoms with van der Waals surface area (Å²) in [5.41, 5.74) is 8.07. The number of hydrogen-bond acceptors (Lipinski definition) is 3. The summed E-state index contributed by atoms with van der Waals surface area (Å²) in [6.07, 6.45) is 0.503. The second kappa shape index (κ2) is 7.81. The van der Waals surface area contributed by atoms with Gasteiger partial charge in [0.15, 0.2) is 0 Å². The van der Waals surface area contributed by atoms with E-state index in [2.05, 4.69) is 29.6 Å². The summed E-state index contributed by atoms with van der Waals surface area (Å²) in [7, 11) is 1.62. The third kappa shape index (κ3) is 4.17. The normalized spacial score (nSPS) is 11.9. The zero-order chi connectivity index (χ0) is 17.6. The molecule has 4 heteroatoms. The van der Waals surface area contributed by atoms with E-state index in [4.69, 9.17) is 10.5 Å². The van der Waals surface area contributed by atoms with Crippen LogP contribution in [0, 0.1) is 0 Å². The molecule has 0 saturated heterocycles. The molecule has 0 saturated carbocycles. The zero-order valence-electron chi connectivity index (χ0n) is 14.2. The summed E-state index contributed by atoms with van der Waals surface area (Å²) in [4.78, 5) is 12.3. The van der Waals surface area contributed by atoms with Gasteiger partial charge in [-0.2, -0.15) is 0 Å². The first kappa shape index (κ1) is 17.0. The molecule has 0 spiro atoms. The maximum absolute atomic E-state index is 12.3. The monoisotopic (exact) mass is 334 g/mol. The maximum atomic E-state index is 12.3. The average molecular weight is 334 g/mol. The first-order chi connectivity index (χ1) is 12.2. The lowest BCUT2D eigenvalue weighted by atomic mass is 10.0. The van der Waals surface area contributed by atoms with Crippen LogP contribution in [0.25, 0.3) is 10.8 Å². The van der Waals surface area contributed by atoms with Gasteiger partial charge in [-0.3, -0.25) is 4.79 Å². The van der Waals surface area contributed by atoms with Crippen LogP contribution in [0.1, 0.15) is 11.1 Å². The van der Waals surface area contributed by atoms with E-state index in [1.165, 1.54) is 5.39 Å². The molecule has 0 heterocycles. The van der Waals surface area contributed by atoms with Gasteiger partial charge in [-0.05, 0) is 28.8 Å². The van der Waals surface area contributed by atoms with Gasteiger partial charge in [0.1, 0.15) is 5.75 Å². The van der Waals surface area contributed by atoms with Gasteiger partial charge in [0.05, 0.1) is 13.2 Å². The third-order valence-electron chi connectivity index (χ3n) is 4.25. The fourth-order valence-electron chi connectivity index (χ4n) is 2.87. The zero-order valence-corrected chi connectivity index (χ0v) is 14.2. The summed E-state index contributed by atoms with van der Waals surface area (Å²) >= 11 is 0. The molecule has 0 radical (unpaired) electrons. The molecular weight excluding hydrogens is 312 g/mol. The van der Waals surface area contributed by atoms with Crippen molar-refractivity contribution in [2.45, 2.75) is 19.0 Å². The van der Waals surface area contributed by atoms with E-state index >= 15 is 0 Å². The summed E-state index contributed by atoms with van der Waals surface area (Å²) in [6.45, 7) is 0.397. The Labute approximate surface area is 147 Å². The lowest BCUT2D eigenvalue weighted by molar-refractivity contribution is -0.122. The molecule has 3 N–H and O–H groups in total. The number of amides is 1. The van der Waals surface area contributed by atoms with Gasteiger partial charge < -0.3 is 15.8 Å². The minimum Gasteiger partial charge on any atom is -0.496 e. The van der Waals surface area contributed by atoms with Gasteiger partial charge in [0.25, 0.3) is 0 Å². The smallest absolute Gasteiger partial charge is 0.237 e. The number of benzene rings is 3. The number of rotatable bonds is 6. The second-order valence-corrected chi connectivity index (χ2v) is 6.02. The van der Waals surface area contributed by atoms with Crippen molar-refractivity contribution < 1.29 is 9.53 Å². The first-order valence-electron chi connectivity index (χ1n) is 8.30. The number of methoxy groups -OCH3 is 1. The largest absolute Gasteiger partial charge is 0.496 e. The third-order valence-corrected chi connectivity index (χ3v) is 4.25. The van der Waals surface area contributed by atoms with Gasteiger partial charge >= 0.3 is 0 Å². The fraction of sp³-hybridized carbons (Fsp3) is 0.190. The van der Waals surface area contributed by atoms with Crippen molar-refractivity contribution in [3.8, 4) is 5.75 Å². The van der Waals surface area contributed by atoms with Crippen LogP contribution >= 0.6 is 0 Å². The van der Waals surface area contributed by atoms with E-state index in [0.717, 1.165) is 22.3 Å². The van der Waals surface area contributed by atoms with Gasteiger partial charge in [0, 0.05) is 12.1 Å². The van der Waals surface area contributed by atoms with Crippen LogP contribution in [0.4, 0.5) is 0 Å². The van der Waals surface area contributed by atoms with Crippen molar-refractivity contribution in [1.29, 1.82) is 0 Å². The van der Waals surface area contributed by atoms with Crippen LogP contribution in [0.15, 0.2) is 66.7 Å². The highest BCUT2D eigenvalue weighted by Crippen LogP contribution is 2.18. The number of carbonyl (C=O) groups excluding carboxylic acids is 1. The highest BCUT2D eigenvalue weighted by molar-refractivity contribution is 5.84. The second-order valence-electron chi connectivity index (χ2n) is 6.02. The van der Waals surface area contributed by atoms with E-state index in [1.54, 1.807) is 7.11 Å². The Kier molecular flexibility index (Phi) is 5.31. The number of nitrogens with two attached hydrogens (primary N) is 1. The minimum atomic E-state index is -0.587. The topological polar surface area (TPSA) is 64.3 Å². The molecule has 3 aromatic rings. The minimum absolute atomic E-state index is 0.168. The molecule has 0 aliphatic carbocycles. The van der Waals surface area contributed by atoms with Crippen LogP contribution in [-0.4, -0.2) is 19.1 Å². The highest BCUT2D eigenvalue weighted by atomic mass is 16.5. The molecular formula is C21H22N2O2. The van der Waals surface area contributed by atoms with Gasteiger partial charge in [-0.15, -0.1) is 0 Å². The van der Waals surface area contributed by atoms with Crippen LogP contribution < -0.4 is 15.8 Å². The molecule has 3 rings (SSSR count). The average Bonchev–Trinajstić information content (AvgIpc) is 2.66. The number of fused-ring (bicyclic) bond motifs is 1. The Balaban J connectivity index is 1.61. The standard InChI is InChI=1S/C21H22N2O2/c1-25-20-9-5-4-8-18(20)14-23-21(24)19(22)13-15-10-11-16-6-2-3-7-17(16)12-15/h2-12,19H,13-14,22H2,1H3,(H,23,24). The Bertz CT molecular complexity index is 876. The Morgan fingerprint density at radius 2 is 1.76 bits per heavy atom. The van der Waals surface area contributed by atoms with Crippen LogP contribution in [0.2, 0.25) is 0 Å². The number of nitrogens with one attached hydrogen (secondary N) is 1. The molecule has 4 nitrogen and oxygen atoms in total. The highest BCUT2D eigenvalue weighted by Gasteiger charge is 2.14. The first-order valence-corrected chi connectivity index (χ1v) is 8.30. The molecule has 0 bridgehead atoms. The Hall–Kier alpha value is -2.85. The van der Waals surface area contributed by atoms with E-state index in [0.29, 0.717) is 13.0 Å². The Morgan fingerprint density at radius 1 is 1.04 bits per heavy atom. The lowest BCUT2D eigenvalue weighted by Gasteiger charge is -2.14. The molecule has 0 fully saturated rings. The molecule has 1 amide bonds. The summed E-state index contributed by atoms with van der Waals surface area (Å²) < 4.78 is 5.29. The summed E-state index contributed by atoms with van der Waals surface area (Å²) in [5, 5.41) is 5.22. The van der Waals surface area contributed by atoms with Crippen molar-refractivity contribution in [3.05, 3.63) is 77.9 Å². The van der Waals surface area contributed by atoms with Crippen molar-refractivity contribution in [3.63, 3.8) is 0 Å². The van der Waals surface area contributed by atoms with E-state index in [1.807, 2.05) is 42.5 Å². The van der Waals surface area contributed by atoms with Crippen molar-refractivity contribution in [2.24, 2.45) is 5.73 Å². The summed E-state index contributed by atoms with van der Waals surface area (Å²) in [5.74, 6) is 0.588. The van der Waals surface area contributed by atoms with Crippen molar-refractivity contribution in [1.82, 2.24) is 5.32 Å². The van der Waals surface area contributed by atoms with E-state index in [9.17, 15) is 4.79 Å². The quantitative estimate of drug-likeness (QED) is 0.728. The molecule has 0 aliphatic rings. The van der Waals surface area contributed by atoms with Crippen LogP contribution in [-0.2, 0) is 17.8 Å². The number of carbonyl (C=O) groups is 1. The fourth-order valence-corrected chi connectivity index (χ4v) is 2.87. The van der Waals surface area contributed by atoms with Gasteiger partial charge in [0.2, 0.25) is 5.91 Å². The predicted molar refractivity (Wildman–Crippen MR) is 100 cm³/mol. The number of ether oxygens (including phenoxy) is 1. The lowest BCUT2D eigenvalue weighted by Crippen LogP contribution is -2.41.